The zero-order valence-electron chi connectivity index (χ0n) is 32.5. The molecule has 0 saturated carbocycles. The molecule has 0 radical (unpaired) electrons. The predicted octanol–water partition coefficient (Wildman–Crippen LogP) is 11.6. The average Bonchev–Trinajstić information content (AvgIpc) is 3.27. The fourth-order valence-electron chi connectivity index (χ4n) is 8.79. The first-order chi connectivity index (χ1) is 29.6. The van der Waals surface area contributed by atoms with Gasteiger partial charge in [0.1, 0.15) is 45.8 Å². The first kappa shape index (κ1) is 38.2. The molecule has 0 amide bonds. The molecular formula is C51H38O8P2. The van der Waals surface area contributed by atoms with Crippen LogP contribution in [-0.4, -0.2) is 20.4 Å². The summed E-state index contributed by atoms with van der Waals surface area (Å²) < 4.78 is 44.8. The zero-order valence-corrected chi connectivity index (χ0v) is 34.3. The van der Waals surface area contributed by atoms with Gasteiger partial charge in [0.05, 0.1) is 10.6 Å². The Labute approximate surface area is 352 Å². The molecule has 0 aromatic heterocycles. The Hall–Kier alpha value is -6.98. The third-order valence-electron chi connectivity index (χ3n) is 11.6. The van der Waals surface area contributed by atoms with E-state index in [0.29, 0.717) is 50.8 Å². The van der Waals surface area contributed by atoms with Crippen molar-refractivity contribution >= 4 is 25.3 Å². The van der Waals surface area contributed by atoms with Gasteiger partial charge in [-0.15, -0.1) is 0 Å². The van der Waals surface area contributed by atoms with E-state index in [-0.39, 0.29) is 23.0 Å². The molecule has 8 aromatic carbocycles. The van der Waals surface area contributed by atoms with E-state index in [1.54, 1.807) is 72.8 Å². The van der Waals surface area contributed by atoms with Crippen molar-refractivity contribution < 1.29 is 38.6 Å². The summed E-state index contributed by atoms with van der Waals surface area (Å²) in [4.78, 5) is 0. The molecule has 2 aliphatic heterocycles. The van der Waals surface area contributed by atoms with Crippen LogP contribution in [0.3, 0.4) is 0 Å². The average molecular weight is 841 g/mol. The van der Waals surface area contributed by atoms with Crippen LogP contribution in [0, 0.1) is 0 Å². The number of hydrogen-bond acceptors (Lipinski definition) is 8. The van der Waals surface area contributed by atoms with Crippen LogP contribution in [0.5, 0.6) is 34.5 Å². The number of para-hydroxylation sites is 2. The summed E-state index contributed by atoms with van der Waals surface area (Å²) in [7, 11) is -7.82. The molecule has 4 unspecified atom stereocenters. The normalized spacial score (nSPS) is 18.2. The van der Waals surface area contributed by atoms with Gasteiger partial charge in [0.2, 0.25) is 0 Å². The molecule has 2 aliphatic rings. The minimum atomic E-state index is -3.91. The molecule has 0 saturated heterocycles. The summed E-state index contributed by atoms with van der Waals surface area (Å²) in [6.45, 7) is 0. The molecule has 0 aliphatic carbocycles. The number of phenolic OH excluding ortho intramolecular Hbond substituents is 4. The summed E-state index contributed by atoms with van der Waals surface area (Å²) in [6, 6.07) is 53.1. The summed E-state index contributed by atoms with van der Waals surface area (Å²) in [5, 5.41) is 45.0. The quantitative estimate of drug-likeness (QED) is 0.111. The van der Waals surface area contributed by atoms with E-state index in [0.717, 1.165) is 33.4 Å². The van der Waals surface area contributed by atoms with E-state index in [1.165, 1.54) is 24.3 Å². The topological polar surface area (TPSA) is 134 Å². The van der Waals surface area contributed by atoms with Gasteiger partial charge in [-0.05, 0) is 100 Å². The molecule has 0 fully saturated rings. The summed E-state index contributed by atoms with van der Waals surface area (Å²) in [5.74, 6) is 0.851. The van der Waals surface area contributed by atoms with Crippen molar-refractivity contribution in [3.8, 4) is 56.8 Å². The third kappa shape index (κ3) is 6.56. The predicted molar refractivity (Wildman–Crippen MR) is 238 cm³/mol. The van der Waals surface area contributed by atoms with Gasteiger partial charge in [-0.25, -0.2) is 0 Å². The van der Waals surface area contributed by atoms with Gasteiger partial charge in [0, 0.05) is 22.3 Å². The van der Waals surface area contributed by atoms with Crippen LogP contribution in [0.4, 0.5) is 0 Å². The van der Waals surface area contributed by atoms with Crippen LogP contribution in [0.2, 0.25) is 0 Å². The number of aromatic hydroxyl groups is 4. The number of phenols is 4. The molecule has 61 heavy (non-hydrogen) atoms. The van der Waals surface area contributed by atoms with Crippen molar-refractivity contribution in [3.63, 3.8) is 0 Å². The summed E-state index contributed by atoms with van der Waals surface area (Å²) >= 11 is 0. The van der Waals surface area contributed by atoms with Crippen molar-refractivity contribution in [1.29, 1.82) is 0 Å². The smallest absolute Gasteiger partial charge is 0.289 e. The molecule has 10 heteroatoms. The fraction of sp³-hybridized carbons (Fsp3) is 0.0588. The standard InChI is InChI=1S/C51H38O8P2/c52-36-23-19-34(20-24-36)50(60(56)48-15-7-3-11-40(48)38-9-1-5-13-46(38)58-60)42-30-32(17-27-44(42)54)29-33-18-28-45(55)43(31-33)51(35-21-25-37(53)26-22-35)61(57)49-16-8-4-12-41(49)39-10-2-6-14-47(39)59-61/h1-28,30-31,50-55H,29H2. The molecule has 10 rings (SSSR count). The Morgan fingerprint density at radius 2 is 0.770 bits per heavy atom. The highest BCUT2D eigenvalue weighted by Gasteiger charge is 2.47. The van der Waals surface area contributed by atoms with Gasteiger partial charge < -0.3 is 29.5 Å². The lowest BCUT2D eigenvalue weighted by atomic mass is 9.95. The zero-order chi connectivity index (χ0) is 41.9. The summed E-state index contributed by atoms with van der Waals surface area (Å²) in [5.41, 5.74) is 4.63. The number of fused-ring (bicyclic) bond motifs is 6. The second-order valence-corrected chi connectivity index (χ2v) is 20.1. The van der Waals surface area contributed by atoms with E-state index in [2.05, 4.69) is 0 Å². The van der Waals surface area contributed by atoms with Crippen LogP contribution >= 0.6 is 14.7 Å². The van der Waals surface area contributed by atoms with E-state index in [1.807, 2.05) is 84.9 Å². The Morgan fingerprint density at radius 3 is 1.18 bits per heavy atom. The van der Waals surface area contributed by atoms with E-state index >= 15 is 9.13 Å². The number of benzene rings is 8. The Morgan fingerprint density at radius 1 is 0.410 bits per heavy atom. The maximum Gasteiger partial charge on any atom is 0.289 e. The minimum absolute atomic E-state index is 0.0384. The molecular weight excluding hydrogens is 803 g/mol. The first-order valence-electron chi connectivity index (χ1n) is 19.8. The van der Waals surface area contributed by atoms with Crippen LogP contribution in [0.15, 0.2) is 182 Å². The lowest BCUT2D eigenvalue weighted by molar-refractivity contribution is 0.459. The highest BCUT2D eigenvalue weighted by molar-refractivity contribution is 7.68. The van der Waals surface area contributed by atoms with Gasteiger partial charge >= 0.3 is 0 Å². The second-order valence-electron chi connectivity index (χ2n) is 15.4. The van der Waals surface area contributed by atoms with Crippen molar-refractivity contribution in [2.75, 3.05) is 0 Å². The minimum Gasteiger partial charge on any atom is -0.508 e. The van der Waals surface area contributed by atoms with Gasteiger partial charge in [0.25, 0.3) is 14.7 Å². The first-order valence-corrected chi connectivity index (χ1v) is 23.2. The van der Waals surface area contributed by atoms with Crippen LogP contribution in [0.25, 0.3) is 22.3 Å². The van der Waals surface area contributed by atoms with Crippen molar-refractivity contribution in [2.45, 2.75) is 17.7 Å². The SMILES string of the molecule is O=P1(C(c2ccc(O)cc2)c2cc(Cc3ccc(O)c(C(c4ccc(O)cc4)P4(=O)Oc5ccccc5-c5ccccc54)c3)ccc2O)Oc2ccccc2-c2ccccc21. The molecule has 2 heterocycles. The monoisotopic (exact) mass is 840 g/mol. The number of hydrogen-bond donors (Lipinski definition) is 4. The van der Waals surface area contributed by atoms with Crippen molar-refractivity contribution in [2.24, 2.45) is 0 Å². The van der Waals surface area contributed by atoms with Gasteiger partial charge in [-0.2, -0.15) is 0 Å². The highest BCUT2D eigenvalue weighted by atomic mass is 31.2. The maximum atomic E-state index is 15.8. The fourth-order valence-corrected chi connectivity index (χ4v) is 14.6. The van der Waals surface area contributed by atoms with Gasteiger partial charge in [0.15, 0.2) is 0 Å². The summed E-state index contributed by atoms with van der Waals surface area (Å²) in [6.07, 6.45) is 0.306. The largest absolute Gasteiger partial charge is 0.508 e. The maximum absolute atomic E-state index is 15.8. The second kappa shape index (κ2) is 14.9. The van der Waals surface area contributed by atoms with E-state index in [9.17, 15) is 20.4 Å². The van der Waals surface area contributed by atoms with Crippen molar-refractivity contribution in [1.82, 2.24) is 0 Å². The third-order valence-corrected chi connectivity index (χ3v) is 17.2. The van der Waals surface area contributed by atoms with Gasteiger partial charge in [-0.3, -0.25) is 9.13 Å². The Balaban J connectivity index is 1.09. The molecule has 4 N–H and O–H groups in total. The lowest BCUT2D eigenvalue weighted by Gasteiger charge is -2.35. The molecule has 8 aromatic rings. The van der Waals surface area contributed by atoms with Gasteiger partial charge in [-0.1, -0.05) is 121 Å². The van der Waals surface area contributed by atoms with Crippen LogP contribution < -0.4 is 19.7 Å². The molecule has 4 atom stereocenters. The lowest BCUT2D eigenvalue weighted by Crippen LogP contribution is -2.23. The molecule has 0 spiro atoms. The van der Waals surface area contributed by atoms with E-state index in [4.69, 9.17) is 9.05 Å². The van der Waals surface area contributed by atoms with Crippen molar-refractivity contribution in [3.05, 3.63) is 215 Å². The molecule has 0 bridgehead atoms. The Bertz CT molecular complexity index is 2880. The Kier molecular flexibility index (Phi) is 9.36. The molecule has 8 nitrogen and oxygen atoms in total. The number of rotatable bonds is 8. The van der Waals surface area contributed by atoms with Crippen LogP contribution in [-0.2, 0) is 15.6 Å². The molecule has 300 valence electrons. The highest BCUT2D eigenvalue weighted by Crippen LogP contribution is 2.68. The van der Waals surface area contributed by atoms with E-state index < -0.39 is 26.1 Å². The van der Waals surface area contributed by atoms with Crippen LogP contribution in [0.1, 0.15) is 44.7 Å².